The lowest BCUT2D eigenvalue weighted by atomic mass is 9.67. The van der Waals surface area contributed by atoms with Gasteiger partial charge in [0.25, 0.3) is 0 Å². The molecule has 0 saturated carbocycles. The summed E-state index contributed by atoms with van der Waals surface area (Å²) in [7, 11) is 0. The van der Waals surface area contributed by atoms with Gasteiger partial charge in [0.1, 0.15) is 0 Å². The molecule has 1 atom stereocenters. The Balaban J connectivity index is 1.08. The first-order valence-corrected chi connectivity index (χ1v) is 22.2. The fourth-order valence-electron chi connectivity index (χ4n) is 10.5. The van der Waals surface area contributed by atoms with E-state index in [1.165, 1.54) is 77.9 Å². The van der Waals surface area contributed by atoms with Crippen molar-refractivity contribution in [1.82, 2.24) is 0 Å². The number of nitrogens with zero attached hydrogens (tertiary/aromatic N) is 1. The molecule has 9 aromatic carbocycles. The molecule has 11 rings (SSSR count). The summed E-state index contributed by atoms with van der Waals surface area (Å²) in [4.78, 5) is 2.44. The molecule has 3 heteroatoms. The molecule has 1 aliphatic carbocycles. The number of rotatable bonds is 7. The number of para-hydroxylation sites is 2. The molecule has 1 aliphatic heterocycles. The number of anilines is 3. The van der Waals surface area contributed by atoms with E-state index in [-0.39, 0.29) is 0 Å². The van der Waals surface area contributed by atoms with Gasteiger partial charge in [-0.25, -0.2) is 0 Å². The lowest BCUT2D eigenvalue weighted by Gasteiger charge is -2.35. The molecule has 0 aromatic heterocycles. The van der Waals surface area contributed by atoms with Crippen LogP contribution in [0.5, 0.6) is 23.0 Å². The Morgan fingerprint density at radius 2 is 0.891 bits per heavy atom. The van der Waals surface area contributed by atoms with E-state index in [9.17, 15) is 0 Å². The Morgan fingerprint density at radius 1 is 0.375 bits per heavy atom. The van der Waals surface area contributed by atoms with Crippen molar-refractivity contribution < 1.29 is 9.47 Å². The molecule has 0 fully saturated rings. The van der Waals surface area contributed by atoms with Crippen LogP contribution in [0.3, 0.4) is 0 Å². The summed E-state index contributed by atoms with van der Waals surface area (Å²) in [5.41, 5.74) is 22.1. The molecule has 1 unspecified atom stereocenters. The lowest BCUT2D eigenvalue weighted by molar-refractivity contribution is 0.360. The number of hydrogen-bond donors (Lipinski definition) is 0. The van der Waals surface area contributed by atoms with Gasteiger partial charge in [0.2, 0.25) is 0 Å². The first-order chi connectivity index (χ1) is 31.1. The molecule has 0 spiro atoms. The van der Waals surface area contributed by atoms with Crippen LogP contribution in [0.25, 0.3) is 33.4 Å². The minimum absolute atomic E-state index is 0.626. The predicted molar refractivity (Wildman–Crippen MR) is 264 cm³/mol. The van der Waals surface area contributed by atoms with Crippen LogP contribution in [0.4, 0.5) is 17.1 Å². The molecule has 64 heavy (non-hydrogen) atoms. The van der Waals surface area contributed by atoms with Gasteiger partial charge in [0.15, 0.2) is 23.0 Å². The topological polar surface area (TPSA) is 21.7 Å². The molecule has 0 amide bonds. The number of fused-ring (bicyclic) bond motifs is 6. The van der Waals surface area contributed by atoms with Crippen molar-refractivity contribution in [3.63, 3.8) is 0 Å². The molecule has 0 bridgehead atoms. The van der Waals surface area contributed by atoms with Crippen LogP contribution >= 0.6 is 0 Å². The maximum absolute atomic E-state index is 6.78. The molecule has 310 valence electrons. The van der Waals surface area contributed by atoms with Crippen LogP contribution in [-0.4, -0.2) is 0 Å². The fourth-order valence-corrected chi connectivity index (χ4v) is 10.5. The minimum atomic E-state index is -0.626. The van der Waals surface area contributed by atoms with Gasteiger partial charge < -0.3 is 14.4 Å². The highest BCUT2D eigenvalue weighted by Gasteiger charge is 2.48. The summed E-state index contributed by atoms with van der Waals surface area (Å²) in [6.07, 6.45) is 0. The van der Waals surface area contributed by atoms with E-state index in [0.29, 0.717) is 0 Å². The van der Waals surface area contributed by atoms with Crippen molar-refractivity contribution in [2.45, 2.75) is 47.0 Å². The molecular weight excluding hydrogens is 779 g/mol. The highest BCUT2D eigenvalue weighted by Crippen LogP contribution is 2.62. The summed E-state index contributed by atoms with van der Waals surface area (Å²) < 4.78 is 13.3. The van der Waals surface area contributed by atoms with Gasteiger partial charge in [0.05, 0.1) is 5.41 Å². The van der Waals surface area contributed by atoms with E-state index in [0.717, 1.165) is 51.2 Å². The summed E-state index contributed by atoms with van der Waals surface area (Å²) in [6.45, 7) is 13.2. The molecular formula is C61H49NO2. The molecule has 3 nitrogen and oxygen atoms in total. The van der Waals surface area contributed by atoms with Gasteiger partial charge in [0, 0.05) is 22.6 Å². The third kappa shape index (κ3) is 6.42. The smallest absolute Gasteiger partial charge is 0.178 e. The Bertz CT molecular complexity index is 3150. The van der Waals surface area contributed by atoms with Crippen molar-refractivity contribution in [1.29, 1.82) is 0 Å². The predicted octanol–water partition coefficient (Wildman–Crippen LogP) is 16.6. The minimum Gasteiger partial charge on any atom is -0.449 e. The Labute approximate surface area is 376 Å². The van der Waals surface area contributed by atoms with Gasteiger partial charge in [-0.1, -0.05) is 156 Å². The van der Waals surface area contributed by atoms with Crippen LogP contribution in [0.2, 0.25) is 0 Å². The van der Waals surface area contributed by atoms with Crippen molar-refractivity contribution in [2.75, 3.05) is 4.90 Å². The Morgan fingerprint density at radius 3 is 1.47 bits per heavy atom. The number of benzene rings is 9. The SMILES string of the molecule is Cc1cc(C)cc(-c2ccc(N(c3ccc(C4(c5ccccc5)c5ccccc5-c5c4ccc4c5Oc5ccccc5O4)cc3)c3ccc(-c4cc(C)cc(C)c4)cc3C)c(C)c2)c1. The third-order valence-corrected chi connectivity index (χ3v) is 13.2. The standard InChI is InChI=1S/C61H49NO2/c1-38-30-39(2)33-46(32-38)44-20-27-54(42(5)36-44)62(55-28-21-45(37-43(55)6)47-34-40(3)31-41(4)35-47)50-24-22-49(23-25-50)61(48-14-8-7-9-15-48)52-17-11-10-16-51(52)59-53(61)26-29-58-60(59)64-57-19-13-12-18-56(57)63-58/h7-37H,1-6H3. The molecule has 0 radical (unpaired) electrons. The van der Waals surface area contributed by atoms with Crippen molar-refractivity contribution >= 4 is 17.1 Å². The van der Waals surface area contributed by atoms with Crippen molar-refractivity contribution in [3.8, 4) is 56.4 Å². The van der Waals surface area contributed by atoms with Gasteiger partial charge >= 0.3 is 0 Å². The van der Waals surface area contributed by atoms with Gasteiger partial charge in [-0.15, -0.1) is 0 Å². The average molecular weight is 828 g/mol. The van der Waals surface area contributed by atoms with E-state index in [4.69, 9.17) is 9.47 Å². The van der Waals surface area contributed by atoms with Crippen molar-refractivity contribution in [3.05, 3.63) is 244 Å². The van der Waals surface area contributed by atoms with Crippen LogP contribution in [-0.2, 0) is 5.41 Å². The summed E-state index contributed by atoms with van der Waals surface area (Å²) in [5.74, 6) is 2.92. The molecule has 1 heterocycles. The molecule has 0 saturated heterocycles. The van der Waals surface area contributed by atoms with Crippen LogP contribution in [0.1, 0.15) is 55.6 Å². The quantitative estimate of drug-likeness (QED) is 0.160. The number of ether oxygens (including phenoxy) is 2. The molecule has 2 aliphatic rings. The van der Waals surface area contributed by atoms with Crippen LogP contribution < -0.4 is 14.4 Å². The zero-order valence-corrected chi connectivity index (χ0v) is 37.2. The normalized spacial score (nSPS) is 14.4. The highest BCUT2D eigenvalue weighted by atomic mass is 16.6. The van der Waals surface area contributed by atoms with E-state index < -0.39 is 5.41 Å². The summed E-state index contributed by atoms with van der Waals surface area (Å²) in [5, 5.41) is 0. The number of aryl methyl sites for hydroxylation is 6. The second kappa shape index (κ2) is 15.3. The van der Waals surface area contributed by atoms with E-state index in [2.05, 4.69) is 210 Å². The van der Waals surface area contributed by atoms with Crippen molar-refractivity contribution in [2.24, 2.45) is 0 Å². The third-order valence-electron chi connectivity index (χ3n) is 13.2. The average Bonchev–Trinajstić information content (AvgIpc) is 3.60. The maximum atomic E-state index is 6.78. The van der Waals surface area contributed by atoms with E-state index in [1.807, 2.05) is 24.3 Å². The first-order valence-electron chi connectivity index (χ1n) is 22.2. The Kier molecular flexibility index (Phi) is 9.40. The monoisotopic (exact) mass is 827 g/mol. The van der Waals surface area contributed by atoms with Crippen LogP contribution in [0.15, 0.2) is 188 Å². The van der Waals surface area contributed by atoms with Crippen LogP contribution in [0, 0.1) is 41.5 Å². The fraction of sp³-hybridized carbons (Fsp3) is 0.115. The first kappa shape index (κ1) is 39.2. The molecule has 0 N–H and O–H groups in total. The summed E-state index contributed by atoms with van der Waals surface area (Å²) in [6, 6.07) is 68.7. The molecule has 9 aromatic rings. The number of hydrogen-bond acceptors (Lipinski definition) is 3. The Hall–Kier alpha value is -7.62. The second-order valence-corrected chi connectivity index (χ2v) is 17.8. The zero-order chi connectivity index (χ0) is 43.7. The maximum Gasteiger partial charge on any atom is 0.178 e. The lowest BCUT2D eigenvalue weighted by Crippen LogP contribution is -2.28. The largest absolute Gasteiger partial charge is 0.449 e. The van der Waals surface area contributed by atoms with Gasteiger partial charge in [-0.05, 0) is 157 Å². The van der Waals surface area contributed by atoms with E-state index in [1.54, 1.807) is 0 Å². The van der Waals surface area contributed by atoms with Gasteiger partial charge in [-0.3, -0.25) is 0 Å². The second-order valence-electron chi connectivity index (χ2n) is 17.8. The highest BCUT2D eigenvalue weighted by molar-refractivity contribution is 5.92. The van der Waals surface area contributed by atoms with E-state index >= 15 is 0 Å². The zero-order valence-electron chi connectivity index (χ0n) is 37.2. The summed E-state index contributed by atoms with van der Waals surface area (Å²) >= 11 is 0. The van der Waals surface area contributed by atoms with Gasteiger partial charge in [-0.2, -0.15) is 0 Å².